The molecule has 17 heavy (non-hydrogen) atoms. The Bertz CT molecular complexity index is 378. The summed E-state index contributed by atoms with van der Waals surface area (Å²) in [5.74, 6) is -0.823. The van der Waals surface area contributed by atoms with E-state index >= 15 is 0 Å². The van der Waals surface area contributed by atoms with Gasteiger partial charge in [0.25, 0.3) is 0 Å². The fourth-order valence-corrected chi connectivity index (χ4v) is 2.12. The summed E-state index contributed by atoms with van der Waals surface area (Å²) in [6.45, 7) is 4.60. The number of rotatable bonds is 6. The molecule has 1 atom stereocenters. The molecule has 0 aliphatic heterocycles. The number of hydrogen-bond donors (Lipinski definition) is 2. The van der Waals surface area contributed by atoms with Crippen molar-refractivity contribution in [1.29, 1.82) is 0 Å². The van der Waals surface area contributed by atoms with Gasteiger partial charge in [0.1, 0.15) is 5.54 Å². The van der Waals surface area contributed by atoms with Gasteiger partial charge in [0.15, 0.2) is 0 Å². The molecule has 1 unspecified atom stereocenters. The molecule has 1 aromatic carbocycles. The summed E-state index contributed by atoms with van der Waals surface area (Å²) in [4.78, 5) is 11.6. The van der Waals surface area contributed by atoms with Gasteiger partial charge in [0.05, 0.1) is 0 Å². The average Bonchev–Trinajstić information content (AvgIpc) is 2.32. The van der Waals surface area contributed by atoms with Crippen LogP contribution in [0, 0.1) is 0 Å². The topological polar surface area (TPSA) is 49.3 Å². The van der Waals surface area contributed by atoms with Gasteiger partial charge < -0.3 is 5.11 Å². The van der Waals surface area contributed by atoms with Crippen molar-refractivity contribution in [2.75, 3.05) is 6.54 Å². The molecule has 94 valence electrons. The van der Waals surface area contributed by atoms with Gasteiger partial charge >= 0.3 is 5.97 Å². The van der Waals surface area contributed by atoms with E-state index in [1.807, 2.05) is 38.1 Å². The normalized spacial score (nSPS) is 14.3. The highest BCUT2D eigenvalue weighted by molar-refractivity contribution is 9.10. The Labute approximate surface area is 110 Å². The summed E-state index contributed by atoms with van der Waals surface area (Å²) in [7, 11) is 0. The molecule has 0 amide bonds. The lowest BCUT2D eigenvalue weighted by Crippen LogP contribution is -2.49. The number of carboxylic acids is 1. The molecule has 3 nitrogen and oxygen atoms in total. The number of nitrogens with one attached hydrogen (secondary N) is 1. The Kier molecular flexibility index (Phi) is 5.15. The third-order valence-corrected chi connectivity index (χ3v) is 3.44. The van der Waals surface area contributed by atoms with E-state index < -0.39 is 11.5 Å². The van der Waals surface area contributed by atoms with Gasteiger partial charge in [-0.25, -0.2) is 4.79 Å². The molecule has 1 rings (SSSR count). The van der Waals surface area contributed by atoms with Gasteiger partial charge in [-0.05, 0) is 37.1 Å². The summed E-state index contributed by atoms with van der Waals surface area (Å²) in [5.41, 5.74) is -0.180. The SMILES string of the molecule is CCCNC(CC)(C(=O)O)c1ccc(Br)cc1. The van der Waals surface area contributed by atoms with Crippen LogP contribution in [0.4, 0.5) is 0 Å². The Morgan fingerprint density at radius 1 is 1.35 bits per heavy atom. The maximum atomic E-state index is 11.6. The molecule has 0 bridgehead atoms. The summed E-state index contributed by atoms with van der Waals surface area (Å²) in [6.07, 6.45) is 1.43. The predicted molar refractivity (Wildman–Crippen MR) is 72.0 cm³/mol. The van der Waals surface area contributed by atoms with Gasteiger partial charge in [-0.2, -0.15) is 0 Å². The van der Waals surface area contributed by atoms with Crippen LogP contribution in [-0.2, 0) is 10.3 Å². The Balaban J connectivity index is 3.12. The number of hydrogen-bond acceptors (Lipinski definition) is 2. The fourth-order valence-electron chi connectivity index (χ4n) is 1.85. The number of benzene rings is 1. The number of halogens is 1. The highest BCUT2D eigenvalue weighted by Gasteiger charge is 2.37. The third-order valence-electron chi connectivity index (χ3n) is 2.91. The van der Waals surface area contributed by atoms with E-state index in [0.29, 0.717) is 13.0 Å². The molecule has 0 fully saturated rings. The summed E-state index contributed by atoms with van der Waals surface area (Å²) < 4.78 is 0.951. The minimum atomic E-state index is -0.975. The largest absolute Gasteiger partial charge is 0.480 e. The van der Waals surface area contributed by atoms with Gasteiger partial charge in [-0.3, -0.25) is 5.32 Å². The zero-order valence-electron chi connectivity index (χ0n) is 10.2. The second kappa shape index (κ2) is 6.17. The molecular formula is C13H18BrNO2. The Hall–Kier alpha value is -0.870. The lowest BCUT2D eigenvalue weighted by atomic mass is 9.87. The van der Waals surface area contributed by atoms with Crippen molar-refractivity contribution in [1.82, 2.24) is 5.32 Å². The van der Waals surface area contributed by atoms with Crippen LogP contribution in [0.15, 0.2) is 28.7 Å². The van der Waals surface area contributed by atoms with Crippen LogP contribution < -0.4 is 5.32 Å². The van der Waals surface area contributed by atoms with Gasteiger partial charge in [-0.15, -0.1) is 0 Å². The van der Waals surface area contributed by atoms with Crippen LogP contribution >= 0.6 is 15.9 Å². The van der Waals surface area contributed by atoms with Crippen molar-refractivity contribution in [3.8, 4) is 0 Å². The number of carbonyl (C=O) groups is 1. The predicted octanol–water partition coefficient (Wildman–Crippen LogP) is 3.14. The van der Waals surface area contributed by atoms with E-state index in [9.17, 15) is 9.90 Å². The van der Waals surface area contributed by atoms with Crippen molar-refractivity contribution in [3.05, 3.63) is 34.3 Å². The molecular weight excluding hydrogens is 282 g/mol. The standard InChI is InChI=1S/C13H18BrNO2/c1-3-9-15-13(4-2,12(16)17)10-5-7-11(14)8-6-10/h5-8,15H,3-4,9H2,1-2H3,(H,16,17). The van der Waals surface area contributed by atoms with Crippen molar-refractivity contribution >= 4 is 21.9 Å². The number of aliphatic carboxylic acids is 1. The first kappa shape index (κ1) is 14.2. The summed E-state index contributed by atoms with van der Waals surface area (Å²) in [6, 6.07) is 7.45. The van der Waals surface area contributed by atoms with Crippen molar-refractivity contribution in [2.24, 2.45) is 0 Å². The third kappa shape index (κ3) is 3.07. The molecule has 0 radical (unpaired) electrons. The smallest absolute Gasteiger partial charge is 0.328 e. The molecule has 0 aliphatic rings. The minimum Gasteiger partial charge on any atom is -0.480 e. The lowest BCUT2D eigenvalue weighted by Gasteiger charge is -2.30. The second-order valence-corrected chi connectivity index (χ2v) is 4.91. The van der Waals surface area contributed by atoms with E-state index in [1.165, 1.54) is 0 Å². The molecule has 0 aliphatic carbocycles. The van der Waals surface area contributed by atoms with Crippen LogP contribution in [0.2, 0.25) is 0 Å². The highest BCUT2D eigenvalue weighted by atomic mass is 79.9. The quantitative estimate of drug-likeness (QED) is 0.848. The van der Waals surface area contributed by atoms with Crippen LogP contribution in [0.5, 0.6) is 0 Å². The van der Waals surface area contributed by atoms with E-state index in [0.717, 1.165) is 16.5 Å². The molecule has 0 aromatic heterocycles. The first-order valence-corrected chi connectivity index (χ1v) is 6.60. The maximum absolute atomic E-state index is 11.6. The first-order chi connectivity index (χ1) is 8.06. The van der Waals surface area contributed by atoms with Crippen LogP contribution in [0.3, 0.4) is 0 Å². The summed E-state index contributed by atoms with van der Waals surface area (Å²) >= 11 is 3.36. The van der Waals surface area contributed by atoms with Gasteiger partial charge in [0.2, 0.25) is 0 Å². The van der Waals surface area contributed by atoms with E-state index in [1.54, 1.807) is 0 Å². The van der Waals surface area contributed by atoms with E-state index in [2.05, 4.69) is 21.2 Å². The van der Waals surface area contributed by atoms with Crippen molar-refractivity contribution in [3.63, 3.8) is 0 Å². The monoisotopic (exact) mass is 299 g/mol. The van der Waals surface area contributed by atoms with Crippen molar-refractivity contribution < 1.29 is 9.90 Å². The molecule has 0 heterocycles. The zero-order valence-corrected chi connectivity index (χ0v) is 11.8. The molecule has 2 N–H and O–H groups in total. The van der Waals surface area contributed by atoms with Crippen molar-refractivity contribution in [2.45, 2.75) is 32.2 Å². The average molecular weight is 300 g/mol. The van der Waals surface area contributed by atoms with Gasteiger partial charge in [0, 0.05) is 4.47 Å². The second-order valence-electron chi connectivity index (χ2n) is 4.00. The van der Waals surface area contributed by atoms with Crippen LogP contribution in [0.25, 0.3) is 0 Å². The van der Waals surface area contributed by atoms with E-state index in [4.69, 9.17) is 0 Å². The van der Waals surface area contributed by atoms with E-state index in [-0.39, 0.29) is 0 Å². The molecule has 1 aromatic rings. The molecule has 4 heteroatoms. The Morgan fingerprint density at radius 3 is 2.35 bits per heavy atom. The molecule has 0 saturated carbocycles. The highest BCUT2D eigenvalue weighted by Crippen LogP contribution is 2.27. The number of carboxylic acid groups (broad SMARTS) is 1. The van der Waals surface area contributed by atoms with Crippen LogP contribution in [0.1, 0.15) is 32.3 Å². The summed E-state index contributed by atoms with van der Waals surface area (Å²) in [5, 5.41) is 12.7. The van der Waals surface area contributed by atoms with Gasteiger partial charge in [-0.1, -0.05) is 41.9 Å². The first-order valence-electron chi connectivity index (χ1n) is 5.81. The maximum Gasteiger partial charge on any atom is 0.328 e. The lowest BCUT2D eigenvalue weighted by molar-refractivity contribution is -0.145. The van der Waals surface area contributed by atoms with Crippen LogP contribution in [-0.4, -0.2) is 17.6 Å². The molecule has 0 spiro atoms. The minimum absolute atomic E-state index is 0.518. The Morgan fingerprint density at radius 2 is 1.94 bits per heavy atom. The fraction of sp³-hybridized carbons (Fsp3) is 0.462. The molecule has 0 saturated heterocycles. The zero-order chi connectivity index (χ0) is 12.9.